The van der Waals surface area contributed by atoms with E-state index in [0.29, 0.717) is 18.0 Å². The van der Waals surface area contributed by atoms with Gasteiger partial charge in [0.1, 0.15) is 0 Å². The van der Waals surface area contributed by atoms with Gasteiger partial charge in [0.25, 0.3) is 0 Å². The number of halogens is 1. The Balaban J connectivity index is 2.29. The number of hydrogen-bond donors (Lipinski definition) is 1. The van der Waals surface area contributed by atoms with Gasteiger partial charge in [-0.05, 0) is 53.6 Å². The number of sulfonamides is 1. The summed E-state index contributed by atoms with van der Waals surface area (Å²) in [6, 6.07) is 6.93. The van der Waals surface area contributed by atoms with Crippen molar-refractivity contribution in [2.24, 2.45) is 5.73 Å². The molecule has 0 amide bonds. The Bertz CT molecular complexity index is 504. The second-order valence-electron chi connectivity index (χ2n) is 4.22. The molecule has 1 aromatic carbocycles. The van der Waals surface area contributed by atoms with Crippen molar-refractivity contribution >= 4 is 32.6 Å². The van der Waals surface area contributed by atoms with Crippen molar-refractivity contribution < 1.29 is 8.42 Å². The summed E-state index contributed by atoms with van der Waals surface area (Å²) in [6.07, 6.45) is 1.74. The largest absolute Gasteiger partial charge is 0.327 e. The number of rotatable bonds is 2. The summed E-state index contributed by atoms with van der Waals surface area (Å²) in [5.74, 6) is 0. The molecule has 4 nitrogen and oxygen atoms in total. The molecule has 1 unspecified atom stereocenters. The molecule has 1 aliphatic heterocycles. The van der Waals surface area contributed by atoms with E-state index in [2.05, 4.69) is 22.6 Å². The van der Waals surface area contributed by atoms with Crippen molar-refractivity contribution in [1.29, 1.82) is 0 Å². The van der Waals surface area contributed by atoms with Crippen molar-refractivity contribution in [3.05, 3.63) is 27.8 Å². The highest BCUT2D eigenvalue weighted by molar-refractivity contribution is 14.1. The third kappa shape index (κ3) is 2.98. The summed E-state index contributed by atoms with van der Waals surface area (Å²) >= 11 is 2.11. The molecule has 1 fully saturated rings. The van der Waals surface area contributed by atoms with E-state index in [0.717, 1.165) is 16.4 Å². The lowest BCUT2D eigenvalue weighted by Gasteiger charge is -2.29. The molecule has 1 aliphatic rings. The second kappa shape index (κ2) is 5.21. The molecule has 0 bridgehead atoms. The first-order valence-electron chi connectivity index (χ1n) is 5.51. The molecular formula is C11H15IN2O2S. The van der Waals surface area contributed by atoms with Crippen molar-refractivity contribution in [3.8, 4) is 0 Å². The fourth-order valence-electron chi connectivity index (χ4n) is 1.97. The smallest absolute Gasteiger partial charge is 0.243 e. The van der Waals surface area contributed by atoms with Gasteiger partial charge in [-0.15, -0.1) is 0 Å². The van der Waals surface area contributed by atoms with Crippen LogP contribution in [-0.4, -0.2) is 31.9 Å². The normalized spacial score (nSPS) is 22.6. The summed E-state index contributed by atoms with van der Waals surface area (Å²) < 4.78 is 27.1. The quantitative estimate of drug-likeness (QED) is 0.805. The first-order chi connectivity index (χ1) is 8.00. The molecule has 2 N–H and O–H groups in total. The Kier molecular flexibility index (Phi) is 4.06. The van der Waals surface area contributed by atoms with Gasteiger partial charge in [0.15, 0.2) is 0 Å². The topological polar surface area (TPSA) is 63.4 Å². The van der Waals surface area contributed by atoms with Crippen LogP contribution in [0.25, 0.3) is 0 Å². The maximum Gasteiger partial charge on any atom is 0.243 e. The van der Waals surface area contributed by atoms with Crippen LogP contribution in [-0.2, 0) is 10.0 Å². The molecule has 0 radical (unpaired) electrons. The molecule has 1 saturated heterocycles. The maximum atomic E-state index is 12.4. The highest BCUT2D eigenvalue weighted by Crippen LogP contribution is 2.21. The van der Waals surface area contributed by atoms with Crippen LogP contribution in [0.15, 0.2) is 29.2 Å². The van der Waals surface area contributed by atoms with E-state index in [1.54, 1.807) is 18.2 Å². The lowest BCUT2D eigenvalue weighted by Crippen LogP contribution is -2.45. The van der Waals surface area contributed by atoms with E-state index in [-0.39, 0.29) is 6.04 Å². The molecule has 6 heteroatoms. The first-order valence-corrected chi connectivity index (χ1v) is 8.03. The molecule has 17 heavy (non-hydrogen) atoms. The molecule has 1 atom stereocenters. The van der Waals surface area contributed by atoms with E-state index >= 15 is 0 Å². The summed E-state index contributed by atoms with van der Waals surface area (Å²) in [5.41, 5.74) is 5.82. The molecule has 0 spiro atoms. The summed E-state index contributed by atoms with van der Waals surface area (Å²) in [4.78, 5) is 0.360. The van der Waals surface area contributed by atoms with Gasteiger partial charge in [0.2, 0.25) is 10.0 Å². The van der Waals surface area contributed by atoms with Gasteiger partial charge >= 0.3 is 0 Å². The monoisotopic (exact) mass is 366 g/mol. The van der Waals surface area contributed by atoms with Gasteiger partial charge in [-0.2, -0.15) is 4.31 Å². The predicted molar refractivity (Wildman–Crippen MR) is 75.1 cm³/mol. The third-order valence-electron chi connectivity index (χ3n) is 2.85. The van der Waals surface area contributed by atoms with Gasteiger partial charge in [-0.1, -0.05) is 6.07 Å². The first kappa shape index (κ1) is 13.3. The number of nitrogens with two attached hydrogens (primary N) is 1. The van der Waals surface area contributed by atoms with Gasteiger partial charge in [-0.25, -0.2) is 8.42 Å². The summed E-state index contributed by atoms with van der Waals surface area (Å²) in [6.45, 7) is 0.995. The van der Waals surface area contributed by atoms with Crippen LogP contribution in [0.4, 0.5) is 0 Å². The average Bonchev–Trinajstić information content (AvgIpc) is 2.29. The minimum absolute atomic E-state index is 0.0405. The zero-order valence-corrected chi connectivity index (χ0v) is 12.3. The Labute approximate surface area is 115 Å². The van der Waals surface area contributed by atoms with Gasteiger partial charge in [0, 0.05) is 22.7 Å². The minimum Gasteiger partial charge on any atom is -0.327 e. The van der Waals surface area contributed by atoms with Crippen LogP contribution in [0.5, 0.6) is 0 Å². The fraction of sp³-hybridized carbons (Fsp3) is 0.455. The predicted octanol–water partition coefficient (Wildman–Crippen LogP) is 1.40. The van der Waals surface area contributed by atoms with E-state index in [4.69, 9.17) is 5.73 Å². The second-order valence-corrected chi connectivity index (χ2v) is 7.41. The SMILES string of the molecule is NC1CCCN(S(=O)(=O)c2cccc(I)c2)C1. The summed E-state index contributed by atoms with van der Waals surface area (Å²) in [7, 11) is -3.37. The van der Waals surface area contributed by atoms with Crippen molar-refractivity contribution in [1.82, 2.24) is 4.31 Å². The molecule has 0 saturated carbocycles. The Morgan fingerprint density at radius 2 is 2.18 bits per heavy atom. The standard InChI is InChI=1S/C11H15IN2O2S/c12-9-3-1-5-11(7-9)17(15,16)14-6-2-4-10(13)8-14/h1,3,5,7,10H,2,4,6,8,13H2. The third-order valence-corrected chi connectivity index (χ3v) is 5.39. The minimum atomic E-state index is -3.37. The molecule has 0 aromatic heterocycles. The van der Waals surface area contributed by atoms with Crippen molar-refractivity contribution in [2.45, 2.75) is 23.8 Å². The van der Waals surface area contributed by atoms with Crippen molar-refractivity contribution in [3.63, 3.8) is 0 Å². The highest BCUT2D eigenvalue weighted by Gasteiger charge is 2.28. The van der Waals surface area contributed by atoms with E-state index in [1.165, 1.54) is 4.31 Å². The number of benzene rings is 1. The molecule has 1 heterocycles. The maximum absolute atomic E-state index is 12.4. The highest BCUT2D eigenvalue weighted by atomic mass is 127. The van der Waals surface area contributed by atoms with Crippen LogP contribution in [0.3, 0.4) is 0 Å². The molecule has 0 aliphatic carbocycles. The zero-order chi connectivity index (χ0) is 12.5. The van der Waals surface area contributed by atoms with Gasteiger partial charge in [0.05, 0.1) is 4.90 Å². The summed E-state index contributed by atoms with van der Waals surface area (Å²) in [5, 5.41) is 0. The molecule has 94 valence electrons. The van der Waals surface area contributed by atoms with E-state index in [9.17, 15) is 8.42 Å². The van der Waals surface area contributed by atoms with E-state index in [1.807, 2.05) is 6.07 Å². The lowest BCUT2D eigenvalue weighted by atomic mass is 10.1. The van der Waals surface area contributed by atoms with Gasteiger partial charge < -0.3 is 5.73 Å². The van der Waals surface area contributed by atoms with Crippen LogP contribution in [0.1, 0.15) is 12.8 Å². The molecular weight excluding hydrogens is 351 g/mol. The Morgan fingerprint density at radius 1 is 1.41 bits per heavy atom. The fourth-order valence-corrected chi connectivity index (χ4v) is 4.30. The van der Waals surface area contributed by atoms with Crippen LogP contribution >= 0.6 is 22.6 Å². The lowest BCUT2D eigenvalue weighted by molar-refractivity contribution is 0.316. The van der Waals surface area contributed by atoms with E-state index < -0.39 is 10.0 Å². The van der Waals surface area contributed by atoms with Crippen LogP contribution in [0, 0.1) is 3.57 Å². The van der Waals surface area contributed by atoms with Crippen LogP contribution < -0.4 is 5.73 Å². The Hall–Kier alpha value is -0.180. The zero-order valence-electron chi connectivity index (χ0n) is 9.34. The number of hydrogen-bond acceptors (Lipinski definition) is 3. The number of nitrogens with zero attached hydrogens (tertiary/aromatic N) is 1. The van der Waals surface area contributed by atoms with Crippen LogP contribution in [0.2, 0.25) is 0 Å². The average molecular weight is 366 g/mol. The van der Waals surface area contributed by atoms with Crippen molar-refractivity contribution in [2.75, 3.05) is 13.1 Å². The Morgan fingerprint density at radius 3 is 2.82 bits per heavy atom. The van der Waals surface area contributed by atoms with Gasteiger partial charge in [-0.3, -0.25) is 0 Å². The molecule has 1 aromatic rings. The number of piperidine rings is 1. The molecule has 2 rings (SSSR count).